The van der Waals surface area contributed by atoms with E-state index in [0.717, 1.165) is 42.1 Å². The lowest BCUT2D eigenvalue weighted by Crippen LogP contribution is -2.39. The molecule has 2 aromatic rings. The number of carbonyl (C=O) groups excluding carboxylic acids is 1. The highest BCUT2D eigenvalue weighted by molar-refractivity contribution is 5.84. The van der Waals surface area contributed by atoms with Crippen LogP contribution in [0.1, 0.15) is 77.7 Å². The van der Waals surface area contributed by atoms with Gasteiger partial charge in [0.25, 0.3) is 5.56 Å². The van der Waals surface area contributed by atoms with E-state index in [9.17, 15) is 9.59 Å². The monoisotopic (exact) mass is 426 g/mol. The molecule has 0 aliphatic heterocycles. The maximum absolute atomic E-state index is 13.6. The zero-order valence-electron chi connectivity index (χ0n) is 19.9. The third-order valence-electron chi connectivity index (χ3n) is 6.40. The van der Waals surface area contributed by atoms with Gasteiger partial charge in [-0.15, -0.1) is 0 Å². The lowest BCUT2D eigenvalue weighted by atomic mass is 9.92. The van der Waals surface area contributed by atoms with Crippen molar-refractivity contribution in [3.05, 3.63) is 40.2 Å². The van der Waals surface area contributed by atoms with Crippen molar-refractivity contribution in [3.63, 3.8) is 0 Å². The smallest absolute Gasteiger partial charge is 0.255 e. The van der Waals surface area contributed by atoms with E-state index < -0.39 is 0 Å². The maximum Gasteiger partial charge on any atom is 0.255 e. The molecule has 3 rings (SSSR count). The molecule has 1 amide bonds. The molecule has 0 spiro atoms. The zero-order chi connectivity index (χ0) is 22.6. The number of ether oxygens (including phenoxy) is 1. The second-order valence-corrected chi connectivity index (χ2v) is 10.1. The minimum absolute atomic E-state index is 0.0147. The normalized spacial score (nSPS) is 14.9. The van der Waals surface area contributed by atoms with Crippen LogP contribution in [0.2, 0.25) is 0 Å². The van der Waals surface area contributed by atoms with Crippen molar-refractivity contribution < 1.29 is 9.53 Å². The van der Waals surface area contributed by atoms with Crippen molar-refractivity contribution in [2.45, 2.75) is 78.7 Å². The average Bonchev–Trinajstić information content (AvgIpc) is 3.26. The molecule has 1 fully saturated rings. The van der Waals surface area contributed by atoms with Crippen LogP contribution >= 0.6 is 0 Å². The van der Waals surface area contributed by atoms with Gasteiger partial charge in [0, 0.05) is 24.7 Å². The number of amides is 1. The first-order valence-electron chi connectivity index (χ1n) is 11.7. The summed E-state index contributed by atoms with van der Waals surface area (Å²) in [6.45, 7) is 10.2. The fourth-order valence-corrected chi connectivity index (χ4v) is 4.52. The van der Waals surface area contributed by atoms with Crippen LogP contribution in [-0.4, -0.2) is 35.6 Å². The fourth-order valence-electron chi connectivity index (χ4n) is 4.52. The predicted molar refractivity (Wildman–Crippen MR) is 127 cm³/mol. The number of hydrogen-bond donors (Lipinski definition) is 0. The number of aromatic nitrogens is 1. The van der Waals surface area contributed by atoms with Gasteiger partial charge in [-0.2, -0.15) is 0 Å². The molecule has 0 unspecified atom stereocenters. The molecule has 0 N–H and O–H groups in total. The Hall–Kier alpha value is -2.30. The number of methoxy groups -OCH3 is 1. The van der Waals surface area contributed by atoms with Crippen LogP contribution in [0, 0.1) is 5.41 Å². The van der Waals surface area contributed by atoms with E-state index in [1.165, 1.54) is 12.8 Å². The summed E-state index contributed by atoms with van der Waals surface area (Å²) < 4.78 is 7.09. The number of nitrogens with zero attached hydrogens (tertiary/aromatic N) is 2. The van der Waals surface area contributed by atoms with Gasteiger partial charge in [0.2, 0.25) is 5.91 Å². The first kappa shape index (κ1) is 23.4. The van der Waals surface area contributed by atoms with Crippen LogP contribution in [0.3, 0.4) is 0 Å². The molecule has 31 heavy (non-hydrogen) atoms. The van der Waals surface area contributed by atoms with Gasteiger partial charge in [0.1, 0.15) is 12.3 Å². The first-order valence-corrected chi connectivity index (χ1v) is 11.7. The number of benzene rings is 1. The minimum Gasteiger partial charge on any atom is -0.497 e. The molecule has 0 atom stereocenters. The second kappa shape index (κ2) is 9.88. The molecular formula is C26H38N2O3. The Kier molecular flexibility index (Phi) is 7.45. The third-order valence-corrected chi connectivity index (χ3v) is 6.40. The number of fused-ring (bicyclic) bond motifs is 1. The summed E-state index contributed by atoms with van der Waals surface area (Å²) in [6, 6.07) is 7.83. The Morgan fingerprint density at radius 3 is 2.48 bits per heavy atom. The third kappa shape index (κ3) is 5.69. The Morgan fingerprint density at radius 2 is 1.87 bits per heavy atom. The highest BCUT2D eigenvalue weighted by Crippen LogP contribution is 2.34. The molecule has 5 nitrogen and oxygen atoms in total. The molecule has 0 saturated heterocycles. The van der Waals surface area contributed by atoms with Crippen LogP contribution < -0.4 is 10.3 Å². The van der Waals surface area contributed by atoms with E-state index in [-0.39, 0.29) is 23.4 Å². The molecule has 0 radical (unpaired) electrons. The van der Waals surface area contributed by atoms with Crippen molar-refractivity contribution in [2.75, 3.05) is 20.2 Å². The van der Waals surface area contributed by atoms with Gasteiger partial charge in [0.05, 0.1) is 12.6 Å². The summed E-state index contributed by atoms with van der Waals surface area (Å²) >= 11 is 0. The predicted octanol–water partition coefficient (Wildman–Crippen LogP) is 5.34. The van der Waals surface area contributed by atoms with E-state index >= 15 is 0 Å². The summed E-state index contributed by atoms with van der Waals surface area (Å²) in [7, 11) is 1.62. The summed E-state index contributed by atoms with van der Waals surface area (Å²) in [4.78, 5) is 28.8. The molecule has 1 heterocycles. The summed E-state index contributed by atoms with van der Waals surface area (Å²) in [5.74, 6) is 1.01. The topological polar surface area (TPSA) is 51.5 Å². The largest absolute Gasteiger partial charge is 0.497 e. The number of carbonyl (C=O) groups is 1. The van der Waals surface area contributed by atoms with E-state index in [0.29, 0.717) is 24.8 Å². The lowest BCUT2D eigenvalue weighted by molar-refractivity contribution is -0.132. The fraction of sp³-hybridized carbons (Fsp3) is 0.615. The molecule has 1 aromatic carbocycles. The Balaban J connectivity index is 2.00. The van der Waals surface area contributed by atoms with Crippen molar-refractivity contribution in [1.29, 1.82) is 0 Å². The van der Waals surface area contributed by atoms with E-state index in [1.807, 2.05) is 29.2 Å². The van der Waals surface area contributed by atoms with E-state index in [1.54, 1.807) is 11.7 Å². The van der Waals surface area contributed by atoms with Crippen molar-refractivity contribution in [3.8, 4) is 5.75 Å². The van der Waals surface area contributed by atoms with Crippen LogP contribution in [0.4, 0.5) is 0 Å². The molecule has 1 aliphatic rings. The second-order valence-electron chi connectivity index (χ2n) is 10.1. The average molecular weight is 427 g/mol. The molecule has 1 aromatic heterocycles. The van der Waals surface area contributed by atoms with Gasteiger partial charge >= 0.3 is 0 Å². The molecule has 1 saturated carbocycles. The Morgan fingerprint density at radius 1 is 1.16 bits per heavy atom. The van der Waals surface area contributed by atoms with Crippen molar-refractivity contribution in [1.82, 2.24) is 9.47 Å². The van der Waals surface area contributed by atoms with Gasteiger partial charge in [-0.3, -0.25) is 14.2 Å². The molecule has 0 bridgehead atoms. The highest BCUT2D eigenvalue weighted by atomic mass is 16.5. The van der Waals surface area contributed by atoms with Crippen LogP contribution in [-0.2, 0) is 11.3 Å². The number of hydrogen-bond acceptors (Lipinski definition) is 3. The van der Waals surface area contributed by atoms with Gasteiger partial charge in [0.15, 0.2) is 0 Å². The molecule has 170 valence electrons. The van der Waals surface area contributed by atoms with E-state index in [2.05, 4.69) is 27.7 Å². The summed E-state index contributed by atoms with van der Waals surface area (Å²) in [6.07, 6.45) is 6.28. The SMILES string of the molecule is CCCN(CCC(C)(C)C)C(=O)Cn1c(=O)c(C2CCCC2)cc2ccc(OC)cc21. The van der Waals surface area contributed by atoms with Crippen LogP contribution in [0.15, 0.2) is 29.1 Å². The first-order chi connectivity index (χ1) is 14.7. The molecule has 1 aliphatic carbocycles. The van der Waals surface area contributed by atoms with Gasteiger partial charge in [-0.25, -0.2) is 0 Å². The maximum atomic E-state index is 13.6. The Labute approximate surface area is 186 Å². The summed E-state index contributed by atoms with van der Waals surface area (Å²) in [5.41, 5.74) is 1.77. The zero-order valence-corrected chi connectivity index (χ0v) is 19.9. The van der Waals surface area contributed by atoms with E-state index in [4.69, 9.17) is 4.74 Å². The van der Waals surface area contributed by atoms with Crippen molar-refractivity contribution in [2.24, 2.45) is 5.41 Å². The standard InChI is InChI=1S/C26H38N2O3/c1-6-14-27(15-13-26(2,3)4)24(29)18-28-23-17-21(31-5)12-11-20(23)16-22(25(28)30)19-9-7-8-10-19/h11-12,16-17,19H,6-10,13-15,18H2,1-5H3. The quantitative estimate of drug-likeness (QED) is 0.572. The number of pyridine rings is 1. The minimum atomic E-state index is -0.0201. The van der Waals surface area contributed by atoms with Gasteiger partial charge in [-0.1, -0.05) is 40.5 Å². The Bertz CT molecular complexity index is 965. The highest BCUT2D eigenvalue weighted by Gasteiger charge is 2.24. The van der Waals surface area contributed by atoms with Gasteiger partial charge in [-0.05, 0) is 60.6 Å². The lowest BCUT2D eigenvalue weighted by Gasteiger charge is -2.27. The number of rotatable bonds is 8. The molecular weight excluding hydrogens is 388 g/mol. The summed E-state index contributed by atoms with van der Waals surface area (Å²) in [5, 5.41) is 0.992. The van der Waals surface area contributed by atoms with Crippen molar-refractivity contribution >= 4 is 16.8 Å². The van der Waals surface area contributed by atoms with Gasteiger partial charge < -0.3 is 9.64 Å². The van der Waals surface area contributed by atoms with Crippen LogP contribution in [0.25, 0.3) is 10.9 Å². The molecule has 5 heteroatoms. The van der Waals surface area contributed by atoms with Crippen LogP contribution in [0.5, 0.6) is 5.75 Å².